The molecule has 0 aliphatic carbocycles. The third kappa shape index (κ3) is 9.16. The van der Waals surface area contributed by atoms with Crippen molar-refractivity contribution in [2.45, 2.75) is 40.2 Å². The van der Waals surface area contributed by atoms with Crippen LogP contribution in [0.4, 0.5) is 4.79 Å². The van der Waals surface area contributed by atoms with E-state index < -0.39 is 25.6 Å². The van der Waals surface area contributed by atoms with E-state index in [1.807, 2.05) is 38.1 Å². The van der Waals surface area contributed by atoms with E-state index in [4.69, 9.17) is 13.8 Å². The summed E-state index contributed by atoms with van der Waals surface area (Å²) in [7, 11) is -2.22. The molecule has 0 aromatic heterocycles. The Morgan fingerprint density at radius 1 is 1.20 bits per heavy atom. The highest BCUT2D eigenvalue weighted by Gasteiger charge is 2.32. The third-order valence-corrected chi connectivity index (χ3v) is 6.46. The van der Waals surface area contributed by atoms with Crippen molar-refractivity contribution in [2.24, 2.45) is 5.92 Å². The number of benzene rings is 1. The third-order valence-electron chi connectivity index (χ3n) is 3.98. The molecule has 2 amide bonds. The van der Waals surface area contributed by atoms with Crippen molar-refractivity contribution in [2.75, 3.05) is 33.2 Å². The van der Waals surface area contributed by atoms with Gasteiger partial charge in [-0.1, -0.05) is 41.9 Å². The summed E-state index contributed by atoms with van der Waals surface area (Å²) >= 11 is 3.40. The number of carbonyl (C=O) groups excluding carboxylic acids is 2. The fraction of sp³-hybridized carbons (Fsp3) is 0.600. The number of ether oxygens (including phenoxy) is 1. The van der Waals surface area contributed by atoms with Crippen LogP contribution in [0.1, 0.15) is 33.3 Å². The Kier molecular flexibility index (Phi) is 11.6. The molecule has 0 unspecified atom stereocenters. The molecule has 1 aromatic carbocycles. The van der Waals surface area contributed by atoms with Gasteiger partial charge in [0.1, 0.15) is 12.3 Å². The van der Waals surface area contributed by atoms with Gasteiger partial charge in [0, 0.05) is 17.4 Å². The number of rotatable bonds is 12. The van der Waals surface area contributed by atoms with E-state index in [2.05, 4.69) is 21.2 Å². The van der Waals surface area contributed by atoms with Gasteiger partial charge in [-0.05, 0) is 37.5 Å². The second-order valence-electron chi connectivity index (χ2n) is 7.06. The largest absolute Gasteiger partial charge is 0.467 e. The molecule has 1 rings (SSSR count). The van der Waals surface area contributed by atoms with Crippen molar-refractivity contribution in [1.29, 1.82) is 0 Å². The van der Waals surface area contributed by atoms with Crippen LogP contribution in [0.3, 0.4) is 0 Å². The SMILES string of the molecule is CCOP(=O)(CN(CC(C)C)C(=O)N[C@@H](Cc1cccc(Br)c1)C(=O)OC)OCC. The van der Waals surface area contributed by atoms with Crippen LogP contribution in [0.15, 0.2) is 28.7 Å². The molecule has 8 nitrogen and oxygen atoms in total. The standard InChI is InChI=1S/C20H32BrN2O6P/c1-6-28-30(26,29-7-2)14-23(13-15(3)4)20(25)22-18(19(24)27-5)12-16-9-8-10-17(21)11-16/h8-11,15,18H,6-7,12-14H2,1-5H3,(H,22,25)/t18-/m0/s1. The summed E-state index contributed by atoms with van der Waals surface area (Å²) < 4.78 is 29.3. The summed E-state index contributed by atoms with van der Waals surface area (Å²) in [5.41, 5.74) is 0.852. The Morgan fingerprint density at radius 3 is 2.33 bits per heavy atom. The van der Waals surface area contributed by atoms with Gasteiger partial charge in [-0.2, -0.15) is 0 Å². The number of methoxy groups -OCH3 is 1. The molecule has 1 N–H and O–H groups in total. The molecule has 0 radical (unpaired) electrons. The van der Waals surface area contributed by atoms with Crippen LogP contribution in [0.2, 0.25) is 0 Å². The maximum Gasteiger partial charge on any atom is 0.349 e. The van der Waals surface area contributed by atoms with Gasteiger partial charge in [-0.25, -0.2) is 9.59 Å². The number of halogens is 1. The predicted molar refractivity (Wildman–Crippen MR) is 119 cm³/mol. The number of hydrogen-bond donors (Lipinski definition) is 1. The van der Waals surface area contributed by atoms with Crippen LogP contribution >= 0.6 is 23.5 Å². The monoisotopic (exact) mass is 506 g/mol. The summed E-state index contributed by atoms with van der Waals surface area (Å²) in [5, 5.41) is 2.71. The van der Waals surface area contributed by atoms with Gasteiger partial charge in [0.05, 0.1) is 20.3 Å². The van der Waals surface area contributed by atoms with Crippen LogP contribution in [0.25, 0.3) is 0 Å². The topological polar surface area (TPSA) is 94.2 Å². The van der Waals surface area contributed by atoms with Crippen LogP contribution in [-0.2, 0) is 29.6 Å². The second kappa shape index (κ2) is 13.1. The first kappa shape index (κ1) is 26.6. The number of carbonyl (C=O) groups is 2. The lowest BCUT2D eigenvalue weighted by Crippen LogP contribution is -2.50. The number of hydrogen-bond acceptors (Lipinski definition) is 6. The average Bonchev–Trinajstić information content (AvgIpc) is 2.66. The van der Waals surface area contributed by atoms with E-state index in [0.717, 1.165) is 10.0 Å². The van der Waals surface area contributed by atoms with E-state index in [0.29, 0.717) is 6.54 Å². The molecule has 1 aromatic rings. The van der Waals surface area contributed by atoms with Gasteiger partial charge < -0.3 is 24.0 Å². The van der Waals surface area contributed by atoms with Crippen molar-refractivity contribution >= 4 is 35.5 Å². The molecule has 0 spiro atoms. The summed E-state index contributed by atoms with van der Waals surface area (Å²) in [5.74, 6) is -0.459. The Balaban J connectivity index is 3.03. The number of urea groups is 1. The summed E-state index contributed by atoms with van der Waals surface area (Å²) in [6.07, 6.45) is 0.0470. The van der Waals surface area contributed by atoms with Crippen molar-refractivity contribution in [3.05, 3.63) is 34.3 Å². The number of amides is 2. The van der Waals surface area contributed by atoms with E-state index in [1.165, 1.54) is 12.0 Å². The molecule has 0 aliphatic heterocycles. The minimum absolute atomic E-state index is 0.106. The quantitative estimate of drug-likeness (QED) is 0.333. The fourth-order valence-corrected chi connectivity index (χ4v) is 4.98. The zero-order valence-electron chi connectivity index (χ0n) is 18.2. The van der Waals surface area contributed by atoms with Gasteiger partial charge in [-0.15, -0.1) is 0 Å². The molecule has 0 heterocycles. The minimum atomic E-state index is -3.49. The average molecular weight is 507 g/mol. The highest BCUT2D eigenvalue weighted by atomic mass is 79.9. The number of esters is 1. The Bertz CT molecular complexity index is 736. The van der Waals surface area contributed by atoms with Crippen molar-refractivity contribution in [3.8, 4) is 0 Å². The zero-order valence-corrected chi connectivity index (χ0v) is 20.7. The van der Waals surface area contributed by atoms with Crippen LogP contribution in [-0.4, -0.2) is 56.1 Å². The second-order valence-corrected chi connectivity index (χ2v) is 10.0. The Morgan fingerprint density at radius 2 is 1.83 bits per heavy atom. The van der Waals surface area contributed by atoms with Crippen LogP contribution in [0, 0.1) is 5.92 Å². The lowest BCUT2D eigenvalue weighted by molar-refractivity contribution is -0.142. The molecule has 0 saturated heterocycles. The van der Waals surface area contributed by atoms with E-state index in [9.17, 15) is 14.2 Å². The summed E-state index contributed by atoms with van der Waals surface area (Å²) in [6, 6.07) is 6.02. The van der Waals surface area contributed by atoms with Gasteiger partial charge >= 0.3 is 19.6 Å². The van der Waals surface area contributed by atoms with Crippen molar-refractivity contribution in [3.63, 3.8) is 0 Å². The molecular weight excluding hydrogens is 475 g/mol. The van der Waals surface area contributed by atoms with Crippen LogP contribution < -0.4 is 5.32 Å². The highest BCUT2D eigenvalue weighted by molar-refractivity contribution is 9.10. The lowest BCUT2D eigenvalue weighted by atomic mass is 10.1. The molecule has 1 atom stereocenters. The smallest absolute Gasteiger partial charge is 0.349 e. The van der Waals surface area contributed by atoms with Gasteiger partial charge in [0.15, 0.2) is 0 Å². The summed E-state index contributed by atoms with van der Waals surface area (Å²) in [6.45, 7) is 8.01. The molecule has 0 bridgehead atoms. The van der Waals surface area contributed by atoms with Gasteiger partial charge in [-0.3, -0.25) is 4.57 Å². The molecule has 10 heteroatoms. The Labute approximate surface area is 187 Å². The first-order valence-electron chi connectivity index (χ1n) is 9.89. The minimum Gasteiger partial charge on any atom is -0.467 e. The molecule has 0 fully saturated rings. The van der Waals surface area contributed by atoms with Crippen LogP contribution in [0.5, 0.6) is 0 Å². The first-order valence-corrected chi connectivity index (χ1v) is 12.4. The Hall–Kier alpha value is -1.41. The molecule has 30 heavy (non-hydrogen) atoms. The molecule has 0 aliphatic rings. The fourth-order valence-electron chi connectivity index (χ4n) is 2.84. The van der Waals surface area contributed by atoms with Gasteiger partial charge in [0.25, 0.3) is 0 Å². The van der Waals surface area contributed by atoms with E-state index in [1.54, 1.807) is 13.8 Å². The first-order chi connectivity index (χ1) is 14.1. The maximum absolute atomic E-state index is 13.0. The molecule has 170 valence electrons. The predicted octanol–water partition coefficient (Wildman–Crippen LogP) is 4.42. The normalized spacial score (nSPS) is 12.5. The van der Waals surface area contributed by atoms with Crippen molar-refractivity contribution < 1.29 is 27.9 Å². The lowest BCUT2D eigenvalue weighted by Gasteiger charge is -2.29. The maximum atomic E-state index is 13.0. The summed E-state index contributed by atoms with van der Waals surface area (Å²) in [4.78, 5) is 26.7. The molecular formula is C20H32BrN2O6P. The zero-order chi connectivity index (χ0) is 22.7. The number of nitrogens with zero attached hydrogens (tertiary/aromatic N) is 1. The van der Waals surface area contributed by atoms with Gasteiger partial charge in [0.2, 0.25) is 0 Å². The van der Waals surface area contributed by atoms with E-state index in [-0.39, 0.29) is 31.8 Å². The number of nitrogens with one attached hydrogen (secondary N) is 1. The van der Waals surface area contributed by atoms with E-state index >= 15 is 0 Å². The highest BCUT2D eigenvalue weighted by Crippen LogP contribution is 2.48. The molecule has 0 saturated carbocycles. The van der Waals surface area contributed by atoms with Crippen molar-refractivity contribution in [1.82, 2.24) is 10.2 Å².